The maximum atomic E-state index is 12.1. The van der Waals surface area contributed by atoms with Crippen molar-refractivity contribution in [1.29, 1.82) is 0 Å². The molecule has 0 aliphatic heterocycles. The average molecular weight is 271 g/mol. The Morgan fingerprint density at radius 1 is 1.40 bits per heavy atom. The lowest BCUT2D eigenvalue weighted by Gasteiger charge is -2.04. The van der Waals surface area contributed by atoms with Crippen LogP contribution in [0.15, 0.2) is 23.0 Å². The first-order valence-corrected chi connectivity index (χ1v) is 7.00. The summed E-state index contributed by atoms with van der Waals surface area (Å²) in [5.74, 6) is 1.32. The number of Topliss-reactive ketones (excluding diaryl/α,β-unsaturated/α-hetero) is 1. The number of aromatic nitrogens is 3. The van der Waals surface area contributed by atoms with Crippen LogP contribution in [0.2, 0.25) is 0 Å². The van der Waals surface area contributed by atoms with Crippen molar-refractivity contribution in [3.05, 3.63) is 29.9 Å². The smallest absolute Gasteiger partial charge is 0.234 e. The first-order chi connectivity index (χ1) is 9.74. The highest BCUT2D eigenvalue weighted by atomic mass is 16.5. The third-order valence-corrected chi connectivity index (χ3v) is 3.88. The van der Waals surface area contributed by atoms with Crippen molar-refractivity contribution in [3.8, 4) is 11.4 Å². The Labute approximate surface area is 117 Å². The Morgan fingerprint density at radius 2 is 2.20 bits per heavy atom. The van der Waals surface area contributed by atoms with Crippen LogP contribution in [0.25, 0.3) is 11.4 Å². The maximum Gasteiger partial charge on any atom is 0.234 e. The Balaban J connectivity index is 1.74. The van der Waals surface area contributed by atoms with Crippen molar-refractivity contribution in [1.82, 2.24) is 15.1 Å². The van der Waals surface area contributed by atoms with Gasteiger partial charge in [-0.05, 0) is 31.4 Å². The molecule has 5 heteroatoms. The second-order valence-electron chi connectivity index (χ2n) is 5.33. The summed E-state index contributed by atoms with van der Waals surface area (Å²) in [4.78, 5) is 20.5. The second kappa shape index (κ2) is 5.53. The van der Waals surface area contributed by atoms with Gasteiger partial charge < -0.3 is 4.52 Å². The third kappa shape index (κ3) is 2.61. The van der Waals surface area contributed by atoms with Gasteiger partial charge in [0, 0.05) is 23.9 Å². The fourth-order valence-corrected chi connectivity index (χ4v) is 2.68. The van der Waals surface area contributed by atoms with Gasteiger partial charge in [0.05, 0.1) is 6.42 Å². The Bertz CT molecular complexity index is 615. The standard InChI is InChI=1S/C15H17N3O2/c1-10-6-7-16-9-12(10)15-17-14(20-18-15)8-13(19)11-4-2-3-5-11/h6-7,9,11H,2-5,8H2,1H3. The predicted molar refractivity (Wildman–Crippen MR) is 72.9 cm³/mol. The fourth-order valence-electron chi connectivity index (χ4n) is 2.68. The Morgan fingerprint density at radius 3 is 2.95 bits per heavy atom. The topological polar surface area (TPSA) is 68.9 Å². The van der Waals surface area contributed by atoms with Gasteiger partial charge >= 0.3 is 0 Å². The molecule has 0 radical (unpaired) electrons. The molecule has 5 nitrogen and oxygen atoms in total. The van der Waals surface area contributed by atoms with Crippen molar-refractivity contribution < 1.29 is 9.32 Å². The van der Waals surface area contributed by atoms with Crippen LogP contribution >= 0.6 is 0 Å². The number of hydrogen-bond donors (Lipinski definition) is 0. The molecule has 1 saturated carbocycles. The molecule has 3 rings (SSSR count). The number of rotatable bonds is 4. The molecule has 2 aromatic rings. The highest BCUT2D eigenvalue weighted by Gasteiger charge is 2.24. The Hall–Kier alpha value is -2.04. The van der Waals surface area contributed by atoms with E-state index >= 15 is 0 Å². The summed E-state index contributed by atoms with van der Waals surface area (Å²) in [6.45, 7) is 1.97. The molecule has 0 unspecified atom stereocenters. The fraction of sp³-hybridized carbons (Fsp3) is 0.467. The van der Waals surface area contributed by atoms with E-state index in [1.54, 1.807) is 12.4 Å². The predicted octanol–water partition coefficient (Wildman–Crippen LogP) is 2.74. The van der Waals surface area contributed by atoms with E-state index in [-0.39, 0.29) is 18.1 Å². The molecule has 104 valence electrons. The van der Waals surface area contributed by atoms with E-state index in [2.05, 4.69) is 15.1 Å². The summed E-state index contributed by atoms with van der Waals surface area (Å²) in [5, 5.41) is 3.95. The number of ketones is 1. The van der Waals surface area contributed by atoms with E-state index in [4.69, 9.17) is 4.52 Å². The van der Waals surface area contributed by atoms with Gasteiger partial charge in [-0.1, -0.05) is 18.0 Å². The molecule has 0 aromatic carbocycles. The van der Waals surface area contributed by atoms with Crippen LogP contribution in [0.4, 0.5) is 0 Å². The highest BCUT2D eigenvalue weighted by molar-refractivity contribution is 5.82. The minimum atomic E-state index is 0.186. The van der Waals surface area contributed by atoms with E-state index in [1.807, 2.05) is 13.0 Å². The third-order valence-electron chi connectivity index (χ3n) is 3.88. The average Bonchev–Trinajstić information content (AvgIpc) is 3.10. The van der Waals surface area contributed by atoms with Crippen molar-refractivity contribution in [2.45, 2.75) is 39.0 Å². The minimum Gasteiger partial charge on any atom is -0.338 e. The number of carbonyl (C=O) groups excluding carboxylic acids is 1. The van der Waals surface area contributed by atoms with Crippen LogP contribution in [0.1, 0.15) is 37.1 Å². The molecule has 1 aliphatic carbocycles. The molecule has 0 bridgehead atoms. The van der Waals surface area contributed by atoms with Crippen LogP contribution in [-0.4, -0.2) is 20.9 Å². The number of hydrogen-bond acceptors (Lipinski definition) is 5. The maximum absolute atomic E-state index is 12.1. The van der Waals surface area contributed by atoms with Crippen molar-refractivity contribution >= 4 is 5.78 Å². The van der Waals surface area contributed by atoms with Crippen LogP contribution in [-0.2, 0) is 11.2 Å². The molecular formula is C15H17N3O2. The zero-order chi connectivity index (χ0) is 13.9. The molecule has 0 amide bonds. The number of carbonyl (C=O) groups is 1. The monoisotopic (exact) mass is 271 g/mol. The van der Waals surface area contributed by atoms with Gasteiger partial charge in [-0.25, -0.2) is 0 Å². The summed E-state index contributed by atoms with van der Waals surface area (Å²) in [6, 6.07) is 1.90. The molecule has 0 N–H and O–H groups in total. The minimum absolute atomic E-state index is 0.186. The van der Waals surface area contributed by atoms with Gasteiger partial charge in [0.1, 0.15) is 5.78 Å². The zero-order valence-electron chi connectivity index (χ0n) is 11.5. The lowest BCUT2D eigenvalue weighted by atomic mass is 10.0. The van der Waals surface area contributed by atoms with Crippen molar-refractivity contribution in [2.24, 2.45) is 5.92 Å². The van der Waals surface area contributed by atoms with Crippen LogP contribution < -0.4 is 0 Å². The molecule has 20 heavy (non-hydrogen) atoms. The van der Waals surface area contributed by atoms with E-state index < -0.39 is 0 Å². The van der Waals surface area contributed by atoms with E-state index in [0.717, 1.165) is 36.8 Å². The molecule has 2 heterocycles. The van der Waals surface area contributed by atoms with Gasteiger partial charge in [0.15, 0.2) is 0 Å². The van der Waals surface area contributed by atoms with E-state index in [9.17, 15) is 4.79 Å². The van der Waals surface area contributed by atoms with Crippen LogP contribution in [0, 0.1) is 12.8 Å². The first-order valence-electron chi connectivity index (χ1n) is 7.00. The quantitative estimate of drug-likeness (QED) is 0.855. The molecule has 1 aliphatic rings. The summed E-state index contributed by atoms with van der Waals surface area (Å²) in [6.07, 6.45) is 7.99. The summed E-state index contributed by atoms with van der Waals surface area (Å²) < 4.78 is 5.19. The van der Waals surface area contributed by atoms with Gasteiger partial charge in [-0.15, -0.1) is 0 Å². The number of pyridine rings is 1. The summed E-state index contributed by atoms with van der Waals surface area (Å²) in [7, 11) is 0. The summed E-state index contributed by atoms with van der Waals surface area (Å²) >= 11 is 0. The normalized spacial score (nSPS) is 15.7. The summed E-state index contributed by atoms with van der Waals surface area (Å²) in [5.41, 5.74) is 1.88. The van der Waals surface area contributed by atoms with Crippen molar-refractivity contribution in [2.75, 3.05) is 0 Å². The van der Waals surface area contributed by atoms with Gasteiger partial charge in [0.2, 0.25) is 11.7 Å². The molecular weight excluding hydrogens is 254 g/mol. The highest BCUT2D eigenvalue weighted by Crippen LogP contribution is 2.26. The van der Waals surface area contributed by atoms with Crippen LogP contribution in [0.5, 0.6) is 0 Å². The van der Waals surface area contributed by atoms with Crippen molar-refractivity contribution in [3.63, 3.8) is 0 Å². The lowest BCUT2D eigenvalue weighted by Crippen LogP contribution is -2.13. The second-order valence-corrected chi connectivity index (χ2v) is 5.33. The van der Waals surface area contributed by atoms with Gasteiger partial charge in [-0.2, -0.15) is 4.98 Å². The van der Waals surface area contributed by atoms with E-state index in [0.29, 0.717) is 11.7 Å². The van der Waals surface area contributed by atoms with Gasteiger partial charge in [0.25, 0.3) is 0 Å². The van der Waals surface area contributed by atoms with E-state index in [1.165, 1.54) is 0 Å². The molecule has 0 atom stereocenters. The largest absolute Gasteiger partial charge is 0.338 e. The molecule has 2 aromatic heterocycles. The number of aryl methyl sites for hydroxylation is 1. The van der Waals surface area contributed by atoms with Gasteiger partial charge in [-0.3, -0.25) is 9.78 Å². The first kappa shape index (κ1) is 13.0. The molecule has 0 saturated heterocycles. The zero-order valence-corrected chi connectivity index (χ0v) is 11.5. The lowest BCUT2D eigenvalue weighted by molar-refractivity contribution is -0.122. The Kier molecular flexibility index (Phi) is 3.58. The SMILES string of the molecule is Cc1ccncc1-c1noc(CC(=O)C2CCCC2)n1. The number of nitrogens with zero attached hydrogens (tertiary/aromatic N) is 3. The molecule has 1 fully saturated rings. The van der Waals surface area contributed by atoms with Crippen LogP contribution in [0.3, 0.4) is 0 Å². The molecule has 0 spiro atoms.